The van der Waals surface area contributed by atoms with Crippen molar-refractivity contribution in [2.75, 3.05) is 31.7 Å². The summed E-state index contributed by atoms with van der Waals surface area (Å²) in [7, 11) is 0. The molecule has 158 valence electrons. The molecule has 5 nitrogen and oxygen atoms in total. The SMILES string of the molecule is CCOCCOCc1cccc(CNC(=O)CNc2cccc(C(F)(F)F)c2)c1. The maximum absolute atomic E-state index is 12.7. The van der Waals surface area contributed by atoms with E-state index in [2.05, 4.69) is 10.6 Å². The first kappa shape index (κ1) is 22.7. The smallest absolute Gasteiger partial charge is 0.379 e. The number of alkyl halides is 3. The molecular formula is C21H25F3N2O3. The molecule has 2 N–H and O–H groups in total. The highest BCUT2D eigenvalue weighted by Gasteiger charge is 2.30. The number of carbonyl (C=O) groups is 1. The summed E-state index contributed by atoms with van der Waals surface area (Å²) >= 11 is 0. The van der Waals surface area contributed by atoms with Gasteiger partial charge >= 0.3 is 6.18 Å². The number of nitrogens with one attached hydrogen (secondary N) is 2. The molecule has 0 aromatic heterocycles. The predicted molar refractivity (Wildman–Crippen MR) is 104 cm³/mol. The van der Waals surface area contributed by atoms with Crippen LogP contribution >= 0.6 is 0 Å². The maximum Gasteiger partial charge on any atom is 0.416 e. The summed E-state index contributed by atoms with van der Waals surface area (Å²) in [6.45, 7) is 4.28. The minimum Gasteiger partial charge on any atom is -0.379 e. The quantitative estimate of drug-likeness (QED) is 0.550. The Kier molecular flexibility index (Phi) is 8.95. The molecular weight excluding hydrogens is 385 g/mol. The van der Waals surface area contributed by atoms with Crippen LogP contribution in [-0.4, -0.2) is 32.3 Å². The summed E-state index contributed by atoms with van der Waals surface area (Å²) in [5.41, 5.74) is 1.36. The highest BCUT2D eigenvalue weighted by Crippen LogP contribution is 2.30. The molecule has 2 aromatic carbocycles. The van der Waals surface area contributed by atoms with E-state index < -0.39 is 11.7 Å². The number of anilines is 1. The van der Waals surface area contributed by atoms with Gasteiger partial charge in [-0.05, 0) is 36.2 Å². The van der Waals surface area contributed by atoms with Crippen molar-refractivity contribution in [2.45, 2.75) is 26.3 Å². The van der Waals surface area contributed by atoms with Gasteiger partial charge in [-0.2, -0.15) is 13.2 Å². The van der Waals surface area contributed by atoms with E-state index in [9.17, 15) is 18.0 Å². The Hall–Kier alpha value is -2.58. The van der Waals surface area contributed by atoms with E-state index in [4.69, 9.17) is 9.47 Å². The lowest BCUT2D eigenvalue weighted by Gasteiger charge is -2.11. The molecule has 0 aliphatic heterocycles. The van der Waals surface area contributed by atoms with Crippen LogP contribution in [0.25, 0.3) is 0 Å². The molecule has 0 saturated carbocycles. The molecule has 2 aromatic rings. The fourth-order valence-electron chi connectivity index (χ4n) is 2.53. The largest absolute Gasteiger partial charge is 0.416 e. The number of hydrogen-bond acceptors (Lipinski definition) is 4. The van der Waals surface area contributed by atoms with Crippen LogP contribution in [0.15, 0.2) is 48.5 Å². The number of rotatable bonds is 11. The number of amides is 1. The second kappa shape index (κ2) is 11.4. The summed E-state index contributed by atoms with van der Waals surface area (Å²) in [6, 6.07) is 12.4. The predicted octanol–water partition coefficient (Wildman–Crippen LogP) is 3.99. The van der Waals surface area contributed by atoms with Crippen LogP contribution in [0.2, 0.25) is 0 Å². The topological polar surface area (TPSA) is 59.6 Å². The van der Waals surface area contributed by atoms with Crippen molar-refractivity contribution < 1.29 is 27.4 Å². The van der Waals surface area contributed by atoms with Gasteiger partial charge in [0.15, 0.2) is 0 Å². The second-order valence-electron chi connectivity index (χ2n) is 6.28. The Morgan fingerprint density at radius 2 is 1.72 bits per heavy atom. The highest BCUT2D eigenvalue weighted by atomic mass is 19.4. The minimum absolute atomic E-state index is 0.123. The number of ether oxygens (including phenoxy) is 2. The van der Waals surface area contributed by atoms with E-state index >= 15 is 0 Å². The van der Waals surface area contributed by atoms with Crippen LogP contribution < -0.4 is 10.6 Å². The molecule has 8 heteroatoms. The highest BCUT2D eigenvalue weighted by molar-refractivity contribution is 5.80. The van der Waals surface area contributed by atoms with Crippen LogP contribution in [0.3, 0.4) is 0 Å². The molecule has 0 unspecified atom stereocenters. The van der Waals surface area contributed by atoms with Crippen molar-refractivity contribution in [2.24, 2.45) is 0 Å². The summed E-state index contributed by atoms with van der Waals surface area (Å²) in [5, 5.41) is 5.45. The minimum atomic E-state index is -4.42. The van der Waals surface area contributed by atoms with Gasteiger partial charge < -0.3 is 20.1 Å². The fourth-order valence-corrected chi connectivity index (χ4v) is 2.53. The molecule has 0 aliphatic carbocycles. The normalized spacial score (nSPS) is 11.3. The van der Waals surface area contributed by atoms with E-state index in [0.717, 1.165) is 23.3 Å². The Morgan fingerprint density at radius 1 is 1.00 bits per heavy atom. The maximum atomic E-state index is 12.7. The lowest BCUT2D eigenvalue weighted by atomic mass is 10.1. The molecule has 29 heavy (non-hydrogen) atoms. The van der Waals surface area contributed by atoms with Crippen LogP contribution in [0.4, 0.5) is 18.9 Å². The van der Waals surface area contributed by atoms with E-state index in [0.29, 0.717) is 33.0 Å². The first-order valence-corrected chi connectivity index (χ1v) is 9.29. The summed E-state index contributed by atoms with van der Waals surface area (Å²) in [4.78, 5) is 12.0. The number of carbonyl (C=O) groups excluding carboxylic acids is 1. The number of halogens is 3. The molecule has 0 saturated heterocycles. The monoisotopic (exact) mass is 410 g/mol. The molecule has 0 aliphatic rings. The van der Waals surface area contributed by atoms with Crippen LogP contribution in [0.1, 0.15) is 23.6 Å². The van der Waals surface area contributed by atoms with Gasteiger partial charge in [0.05, 0.1) is 31.9 Å². The molecule has 0 heterocycles. The summed E-state index contributed by atoms with van der Waals surface area (Å²) in [5.74, 6) is -0.319. The van der Waals surface area contributed by atoms with Crippen LogP contribution in [-0.2, 0) is 33.6 Å². The first-order valence-electron chi connectivity index (χ1n) is 9.29. The van der Waals surface area contributed by atoms with Gasteiger partial charge in [0, 0.05) is 18.8 Å². The van der Waals surface area contributed by atoms with E-state index in [1.165, 1.54) is 12.1 Å². The van der Waals surface area contributed by atoms with Gasteiger partial charge in [0.1, 0.15) is 0 Å². The fraction of sp³-hybridized carbons (Fsp3) is 0.381. The van der Waals surface area contributed by atoms with Crippen LogP contribution in [0.5, 0.6) is 0 Å². The molecule has 0 bridgehead atoms. The summed E-state index contributed by atoms with van der Waals surface area (Å²) < 4.78 is 48.9. The van der Waals surface area contributed by atoms with E-state index in [1.54, 1.807) is 0 Å². The Balaban J connectivity index is 1.76. The average Bonchev–Trinajstić information content (AvgIpc) is 2.70. The summed E-state index contributed by atoms with van der Waals surface area (Å²) in [6.07, 6.45) is -4.42. The molecule has 0 fully saturated rings. The Labute approximate surface area is 168 Å². The van der Waals surface area contributed by atoms with Gasteiger partial charge in [-0.25, -0.2) is 0 Å². The second-order valence-corrected chi connectivity index (χ2v) is 6.28. The van der Waals surface area contributed by atoms with Gasteiger partial charge in [-0.1, -0.05) is 30.3 Å². The zero-order chi connectivity index (χ0) is 21.1. The Bertz CT molecular complexity index is 782. The van der Waals surface area contributed by atoms with E-state index in [1.807, 2.05) is 31.2 Å². The lowest BCUT2D eigenvalue weighted by Crippen LogP contribution is -2.29. The van der Waals surface area contributed by atoms with Crippen LogP contribution in [0, 0.1) is 0 Å². The van der Waals surface area contributed by atoms with Crippen molar-refractivity contribution in [3.05, 3.63) is 65.2 Å². The first-order chi connectivity index (χ1) is 13.9. The lowest BCUT2D eigenvalue weighted by molar-refractivity contribution is -0.137. The number of hydrogen-bond donors (Lipinski definition) is 2. The third kappa shape index (κ3) is 8.53. The van der Waals surface area contributed by atoms with Crippen molar-refractivity contribution in [3.8, 4) is 0 Å². The molecule has 2 rings (SSSR count). The zero-order valence-electron chi connectivity index (χ0n) is 16.2. The van der Waals surface area contributed by atoms with E-state index in [-0.39, 0.29) is 18.1 Å². The molecule has 0 spiro atoms. The third-order valence-electron chi connectivity index (χ3n) is 3.97. The standard InChI is InChI=1S/C21H25F3N2O3/c1-2-28-9-10-29-15-17-6-3-5-16(11-17)13-26-20(27)14-25-19-8-4-7-18(12-19)21(22,23)24/h3-8,11-12,25H,2,9-10,13-15H2,1H3,(H,26,27). The van der Waals surface area contributed by atoms with Crippen molar-refractivity contribution in [1.82, 2.24) is 5.32 Å². The van der Waals surface area contributed by atoms with Gasteiger partial charge in [-0.3, -0.25) is 4.79 Å². The van der Waals surface area contributed by atoms with Gasteiger partial charge in [0.2, 0.25) is 5.91 Å². The third-order valence-corrected chi connectivity index (χ3v) is 3.97. The number of benzene rings is 2. The average molecular weight is 410 g/mol. The van der Waals surface area contributed by atoms with Gasteiger partial charge in [0.25, 0.3) is 0 Å². The molecule has 0 atom stereocenters. The van der Waals surface area contributed by atoms with Gasteiger partial charge in [-0.15, -0.1) is 0 Å². The molecule has 1 amide bonds. The van der Waals surface area contributed by atoms with Crippen molar-refractivity contribution >= 4 is 11.6 Å². The van der Waals surface area contributed by atoms with Crippen molar-refractivity contribution in [1.29, 1.82) is 0 Å². The zero-order valence-corrected chi connectivity index (χ0v) is 16.2. The Morgan fingerprint density at radius 3 is 2.48 bits per heavy atom. The van der Waals surface area contributed by atoms with Crippen molar-refractivity contribution in [3.63, 3.8) is 0 Å². The molecule has 0 radical (unpaired) electrons.